The quantitative estimate of drug-likeness (QED) is 0.826. The Bertz CT molecular complexity index is 632. The van der Waals surface area contributed by atoms with Gasteiger partial charge in [0.05, 0.1) is 12.1 Å². The summed E-state index contributed by atoms with van der Waals surface area (Å²) in [4.78, 5) is 37.0. The third kappa shape index (κ3) is 3.48. The van der Waals surface area contributed by atoms with E-state index in [4.69, 9.17) is 5.73 Å². The molecule has 1 heterocycles. The molecule has 1 aliphatic heterocycles. The first-order chi connectivity index (χ1) is 11.5. The summed E-state index contributed by atoms with van der Waals surface area (Å²) in [6, 6.07) is 7.20. The number of carbonyl (C=O) groups is 3. The van der Waals surface area contributed by atoms with E-state index < -0.39 is 5.54 Å². The summed E-state index contributed by atoms with van der Waals surface area (Å²) in [5, 5.41) is 2.88. The maximum absolute atomic E-state index is 12.4. The smallest absolute Gasteiger partial charge is 0.244 e. The summed E-state index contributed by atoms with van der Waals surface area (Å²) in [6.07, 6.45) is 5.14. The Morgan fingerprint density at radius 2 is 1.62 bits per heavy atom. The minimum absolute atomic E-state index is 0.125. The van der Waals surface area contributed by atoms with Crippen molar-refractivity contribution in [3.8, 4) is 0 Å². The van der Waals surface area contributed by atoms with Crippen LogP contribution in [0.3, 0.4) is 0 Å². The molecule has 1 saturated carbocycles. The van der Waals surface area contributed by atoms with E-state index in [0.717, 1.165) is 37.7 Å². The molecule has 24 heavy (non-hydrogen) atoms. The van der Waals surface area contributed by atoms with Gasteiger partial charge in [-0.25, -0.2) is 0 Å². The van der Waals surface area contributed by atoms with Gasteiger partial charge in [0.15, 0.2) is 0 Å². The normalized spacial score (nSPS) is 20.3. The maximum atomic E-state index is 12.4. The third-order valence-corrected chi connectivity index (χ3v) is 4.91. The van der Waals surface area contributed by atoms with Crippen molar-refractivity contribution in [1.82, 2.24) is 4.90 Å². The summed E-state index contributed by atoms with van der Waals surface area (Å²) < 4.78 is 0. The highest BCUT2D eigenvalue weighted by Gasteiger charge is 2.35. The van der Waals surface area contributed by atoms with Crippen LogP contribution in [-0.2, 0) is 20.9 Å². The number of likely N-dealkylation sites (tertiary alicyclic amines) is 1. The van der Waals surface area contributed by atoms with E-state index in [9.17, 15) is 14.4 Å². The van der Waals surface area contributed by atoms with Crippen LogP contribution in [0.4, 0.5) is 5.69 Å². The van der Waals surface area contributed by atoms with Crippen LogP contribution in [0.1, 0.15) is 50.5 Å². The van der Waals surface area contributed by atoms with Gasteiger partial charge in [-0.05, 0) is 30.5 Å². The van der Waals surface area contributed by atoms with Crippen molar-refractivity contribution >= 4 is 23.4 Å². The molecular weight excluding hydrogens is 306 g/mol. The zero-order chi connectivity index (χ0) is 17.2. The lowest BCUT2D eigenvalue weighted by Gasteiger charge is -2.31. The highest BCUT2D eigenvalue weighted by atomic mass is 16.2. The molecule has 2 fully saturated rings. The van der Waals surface area contributed by atoms with E-state index in [1.807, 2.05) is 12.1 Å². The van der Waals surface area contributed by atoms with Crippen LogP contribution < -0.4 is 11.1 Å². The van der Waals surface area contributed by atoms with E-state index in [0.29, 0.717) is 18.5 Å². The standard InChI is InChI=1S/C18H23N3O3/c19-18(10-2-1-3-11-18)17(24)20-14-6-4-13(5-7-14)12-21-15(22)8-9-16(21)23/h4-7H,1-3,8-12,19H2,(H,20,24). The van der Waals surface area contributed by atoms with Gasteiger partial charge in [0.25, 0.3) is 0 Å². The number of benzene rings is 1. The first kappa shape index (κ1) is 16.6. The fraction of sp³-hybridized carbons (Fsp3) is 0.500. The summed E-state index contributed by atoms with van der Waals surface area (Å²) in [5.74, 6) is -0.389. The van der Waals surface area contributed by atoms with Crippen LogP contribution in [0, 0.1) is 0 Å². The highest BCUT2D eigenvalue weighted by Crippen LogP contribution is 2.27. The van der Waals surface area contributed by atoms with Gasteiger partial charge in [0.2, 0.25) is 17.7 Å². The zero-order valence-corrected chi connectivity index (χ0v) is 13.7. The molecule has 3 amide bonds. The second-order valence-corrected chi connectivity index (χ2v) is 6.74. The first-order valence-corrected chi connectivity index (χ1v) is 8.50. The number of anilines is 1. The van der Waals surface area contributed by atoms with Crippen molar-refractivity contribution in [2.24, 2.45) is 5.73 Å². The molecule has 0 bridgehead atoms. The molecule has 0 unspecified atom stereocenters. The SMILES string of the molecule is NC1(C(=O)Nc2ccc(CN3C(=O)CCC3=O)cc2)CCCCC1. The number of nitrogens with one attached hydrogen (secondary N) is 1. The number of rotatable bonds is 4. The molecule has 0 spiro atoms. The zero-order valence-electron chi connectivity index (χ0n) is 13.7. The lowest BCUT2D eigenvalue weighted by Crippen LogP contribution is -2.52. The van der Waals surface area contributed by atoms with Crippen LogP contribution in [0.25, 0.3) is 0 Å². The molecule has 128 valence electrons. The summed E-state index contributed by atoms with van der Waals surface area (Å²) >= 11 is 0. The number of carbonyl (C=O) groups excluding carboxylic acids is 3. The Morgan fingerprint density at radius 3 is 2.21 bits per heavy atom. The van der Waals surface area contributed by atoms with Gasteiger partial charge >= 0.3 is 0 Å². The number of nitrogens with zero attached hydrogens (tertiary/aromatic N) is 1. The van der Waals surface area contributed by atoms with Crippen molar-refractivity contribution in [2.45, 2.75) is 57.0 Å². The van der Waals surface area contributed by atoms with Gasteiger partial charge in [-0.15, -0.1) is 0 Å². The summed E-state index contributed by atoms with van der Waals surface area (Å²) in [7, 11) is 0. The van der Waals surface area contributed by atoms with Crippen LogP contribution in [0.5, 0.6) is 0 Å². The van der Waals surface area contributed by atoms with Gasteiger partial charge in [-0.2, -0.15) is 0 Å². The summed E-state index contributed by atoms with van der Waals surface area (Å²) in [5.41, 5.74) is 6.99. The number of imide groups is 1. The van der Waals surface area contributed by atoms with E-state index in [1.165, 1.54) is 4.90 Å². The molecular formula is C18H23N3O3. The molecule has 1 aromatic carbocycles. The molecule has 0 aromatic heterocycles. The minimum atomic E-state index is -0.773. The largest absolute Gasteiger partial charge is 0.324 e. The highest BCUT2D eigenvalue weighted by molar-refractivity contribution is 6.02. The third-order valence-electron chi connectivity index (χ3n) is 4.91. The second kappa shape index (κ2) is 6.73. The Hall–Kier alpha value is -2.21. The first-order valence-electron chi connectivity index (χ1n) is 8.50. The van der Waals surface area contributed by atoms with Crippen molar-refractivity contribution < 1.29 is 14.4 Å². The minimum Gasteiger partial charge on any atom is -0.324 e. The molecule has 1 aromatic rings. The fourth-order valence-corrected chi connectivity index (χ4v) is 3.34. The molecule has 6 nitrogen and oxygen atoms in total. The van der Waals surface area contributed by atoms with Crippen LogP contribution in [0.2, 0.25) is 0 Å². The van der Waals surface area contributed by atoms with E-state index >= 15 is 0 Å². The van der Waals surface area contributed by atoms with Gasteiger partial charge < -0.3 is 11.1 Å². The number of nitrogens with two attached hydrogens (primary N) is 1. The van der Waals surface area contributed by atoms with E-state index in [1.54, 1.807) is 12.1 Å². The van der Waals surface area contributed by atoms with Gasteiger partial charge in [0.1, 0.15) is 0 Å². The lowest BCUT2D eigenvalue weighted by atomic mass is 9.82. The lowest BCUT2D eigenvalue weighted by molar-refractivity contribution is -0.139. The monoisotopic (exact) mass is 329 g/mol. The van der Waals surface area contributed by atoms with Gasteiger partial charge in [0, 0.05) is 18.5 Å². The Balaban J connectivity index is 1.61. The van der Waals surface area contributed by atoms with E-state index in [-0.39, 0.29) is 24.3 Å². The fourth-order valence-electron chi connectivity index (χ4n) is 3.34. The molecule has 1 aliphatic carbocycles. The predicted molar refractivity (Wildman–Crippen MR) is 89.9 cm³/mol. The van der Waals surface area contributed by atoms with Crippen LogP contribution in [0.15, 0.2) is 24.3 Å². The van der Waals surface area contributed by atoms with Gasteiger partial charge in [-0.1, -0.05) is 31.4 Å². The molecule has 1 saturated heterocycles. The molecule has 6 heteroatoms. The molecule has 3 rings (SSSR count). The maximum Gasteiger partial charge on any atom is 0.244 e. The molecule has 0 radical (unpaired) electrons. The summed E-state index contributed by atoms with van der Waals surface area (Å²) in [6.45, 7) is 0.284. The molecule has 3 N–H and O–H groups in total. The van der Waals surface area contributed by atoms with Crippen molar-refractivity contribution in [3.63, 3.8) is 0 Å². The van der Waals surface area contributed by atoms with Crippen molar-refractivity contribution in [1.29, 1.82) is 0 Å². The average molecular weight is 329 g/mol. The number of hydrogen-bond acceptors (Lipinski definition) is 4. The number of hydrogen-bond donors (Lipinski definition) is 2. The van der Waals surface area contributed by atoms with Gasteiger partial charge in [-0.3, -0.25) is 19.3 Å². The number of amides is 3. The molecule has 2 aliphatic rings. The second-order valence-electron chi connectivity index (χ2n) is 6.74. The topological polar surface area (TPSA) is 92.5 Å². The van der Waals surface area contributed by atoms with E-state index in [2.05, 4.69) is 5.32 Å². The van der Waals surface area contributed by atoms with Crippen molar-refractivity contribution in [3.05, 3.63) is 29.8 Å². The van der Waals surface area contributed by atoms with Crippen molar-refractivity contribution in [2.75, 3.05) is 5.32 Å². The molecule has 0 atom stereocenters. The Kier molecular flexibility index (Phi) is 4.66. The van der Waals surface area contributed by atoms with Crippen LogP contribution >= 0.6 is 0 Å². The predicted octanol–water partition coefficient (Wildman–Crippen LogP) is 1.94. The Morgan fingerprint density at radius 1 is 1.04 bits per heavy atom. The Labute approximate surface area is 141 Å². The van der Waals surface area contributed by atoms with Crippen LogP contribution in [-0.4, -0.2) is 28.2 Å². The average Bonchev–Trinajstić information content (AvgIpc) is 2.89.